The predicted octanol–water partition coefficient (Wildman–Crippen LogP) is -0.141. The molecule has 15 heavy (non-hydrogen) atoms. The van der Waals surface area contributed by atoms with E-state index in [1.807, 2.05) is 0 Å². The van der Waals surface area contributed by atoms with Crippen LogP contribution < -0.4 is 10.6 Å². The van der Waals surface area contributed by atoms with Gasteiger partial charge >= 0.3 is 0 Å². The second kappa shape index (κ2) is 7.77. The van der Waals surface area contributed by atoms with E-state index in [1.165, 1.54) is 6.08 Å². The van der Waals surface area contributed by atoms with Gasteiger partial charge in [0.25, 0.3) is 5.91 Å². The number of hydrogen-bond donors (Lipinski definition) is 2. The van der Waals surface area contributed by atoms with Crippen molar-refractivity contribution in [2.45, 2.75) is 18.9 Å². The Hall–Kier alpha value is -1.60. The van der Waals surface area contributed by atoms with Crippen molar-refractivity contribution in [1.82, 2.24) is 10.6 Å². The van der Waals surface area contributed by atoms with Gasteiger partial charge in [0.2, 0.25) is 5.78 Å². The third-order valence-electron chi connectivity index (χ3n) is 1.87. The fourth-order valence-corrected chi connectivity index (χ4v) is 1.04. The lowest BCUT2D eigenvalue weighted by Crippen LogP contribution is -2.44. The third kappa shape index (κ3) is 4.99. The molecule has 1 amide bonds. The summed E-state index contributed by atoms with van der Waals surface area (Å²) < 4.78 is 0. The molecule has 0 aliphatic heterocycles. The minimum Gasteiger partial charge on any atom is -0.346 e. The summed E-state index contributed by atoms with van der Waals surface area (Å²) in [7, 11) is 1.62. The fourth-order valence-electron chi connectivity index (χ4n) is 1.04. The first-order valence-electron chi connectivity index (χ1n) is 4.71. The van der Waals surface area contributed by atoms with Crippen LogP contribution in [0.25, 0.3) is 0 Å². The number of amides is 1. The number of ketones is 1. The molecule has 0 aromatic carbocycles. The highest BCUT2D eigenvalue weighted by Gasteiger charge is 2.22. The molecule has 1 unspecified atom stereocenters. The monoisotopic (exact) mass is 208 g/mol. The van der Waals surface area contributed by atoms with E-state index < -0.39 is 17.7 Å². The smallest absolute Gasteiger partial charge is 0.289 e. The molecule has 0 spiro atoms. The van der Waals surface area contributed by atoms with Crippen LogP contribution in [0.15, 0.2) is 12.7 Å². The third-order valence-corrected chi connectivity index (χ3v) is 1.87. The molecule has 0 aromatic rings. The topological polar surface area (TPSA) is 58.2 Å². The number of carbonyl (C=O) groups excluding carboxylic acids is 2. The van der Waals surface area contributed by atoms with Gasteiger partial charge in [-0.3, -0.25) is 9.59 Å². The fraction of sp³-hybridized carbons (Fsp3) is 0.455. The van der Waals surface area contributed by atoms with E-state index in [0.29, 0.717) is 12.8 Å². The zero-order valence-corrected chi connectivity index (χ0v) is 8.88. The molecule has 0 aliphatic rings. The lowest BCUT2D eigenvalue weighted by molar-refractivity contribution is -0.139. The number of rotatable bonds is 7. The van der Waals surface area contributed by atoms with E-state index in [-0.39, 0.29) is 6.54 Å². The number of carbonyl (C=O) groups is 2. The SMILES string of the molecule is C#CCCC(NC)C(=O)C(=O)NCC=C. The van der Waals surface area contributed by atoms with Crippen molar-refractivity contribution < 1.29 is 9.59 Å². The van der Waals surface area contributed by atoms with Crippen molar-refractivity contribution in [2.24, 2.45) is 0 Å². The molecular weight excluding hydrogens is 192 g/mol. The van der Waals surface area contributed by atoms with Gasteiger partial charge in [0.15, 0.2) is 0 Å². The summed E-state index contributed by atoms with van der Waals surface area (Å²) in [6, 6.07) is -0.508. The Bertz CT molecular complexity index is 279. The Labute approximate surface area is 90.1 Å². The number of likely N-dealkylation sites (N-methyl/N-ethyl adjacent to an activating group) is 1. The van der Waals surface area contributed by atoms with Gasteiger partial charge in [-0.25, -0.2) is 0 Å². The summed E-state index contributed by atoms with van der Waals surface area (Å²) >= 11 is 0. The maximum Gasteiger partial charge on any atom is 0.289 e. The molecule has 82 valence electrons. The van der Waals surface area contributed by atoms with Crippen molar-refractivity contribution >= 4 is 11.7 Å². The van der Waals surface area contributed by atoms with E-state index in [9.17, 15) is 9.59 Å². The molecular formula is C11H16N2O2. The maximum atomic E-state index is 11.5. The Morgan fingerprint density at radius 1 is 1.60 bits per heavy atom. The highest BCUT2D eigenvalue weighted by Crippen LogP contribution is 1.97. The van der Waals surface area contributed by atoms with Crippen LogP contribution in [0, 0.1) is 12.3 Å². The van der Waals surface area contributed by atoms with Gasteiger partial charge in [-0.1, -0.05) is 6.08 Å². The summed E-state index contributed by atoms with van der Waals surface area (Å²) in [5.41, 5.74) is 0. The molecule has 0 fully saturated rings. The minimum absolute atomic E-state index is 0.288. The van der Waals surface area contributed by atoms with Crippen LogP contribution in [-0.4, -0.2) is 31.3 Å². The van der Waals surface area contributed by atoms with Gasteiger partial charge in [0.1, 0.15) is 0 Å². The largest absolute Gasteiger partial charge is 0.346 e. The lowest BCUT2D eigenvalue weighted by Gasteiger charge is -2.12. The van der Waals surface area contributed by atoms with E-state index in [2.05, 4.69) is 23.1 Å². The Kier molecular flexibility index (Phi) is 6.94. The van der Waals surface area contributed by atoms with E-state index in [4.69, 9.17) is 6.42 Å². The molecule has 0 saturated carbocycles. The van der Waals surface area contributed by atoms with Gasteiger partial charge in [-0.2, -0.15) is 0 Å². The molecule has 4 heteroatoms. The highest BCUT2D eigenvalue weighted by atomic mass is 16.2. The molecule has 0 heterocycles. The van der Waals surface area contributed by atoms with Crippen LogP contribution >= 0.6 is 0 Å². The maximum absolute atomic E-state index is 11.5. The molecule has 4 nitrogen and oxygen atoms in total. The van der Waals surface area contributed by atoms with Gasteiger partial charge in [0.05, 0.1) is 6.04 Å². The standard InChI is InChI=1S/C11H16N2O2/c1-4-6-7-9(12-3)10(14)11(15)13-8-5-2/h1,5,9,12H,2,6-8H2,3H3,(H,13,15). The van der Waals surface area contributed by atoms with Crippen molar-refractivity contribution in [3.8, 4) is 12.3 Å². The number of nitrogens with one attached hydrogen (secondary N) is 2. The van der Waals surface area contributed by atoms with E-state index in [0.717, 1.165) is 0 Å². The molecule has 2 N–H and O–H groups in total. The van der Waals surface area contributed by atoms with Crippen LogP contribution in [0.2, 0.25) is 0 Å². The molecule has 0 saturated heterocycles. The van der Waals surface area contributed by atoms with Crippen molar-refractivity contribution in [3.63, 3.8) is 0 Å². The molecule has 1 atom stereocenters. The molecule has 0 rings (SSSR count). The van der Waals surface area contributed by atoms with Gasteiger partial charge < -0.3 is 10.6 Å². The molecule has 0 aliphatic carbocycles. The van der Waals surface area contributed by atoms with E-state index >= 15 is 0 Å². The number of Topliss-reactive ketones (excluding diaryl/α,β-unsaturated/α-hetero) is 1. The van der Waals surface area contributed by atoms with Crippen molar-refractivity contribution in [1.29, 1.82) is 0 Å². The first-order chi connectivity index (χ1) is 7.17. The summed E-state index contributed by atoms with van der Waals surface area (Å²) in [6.45, 7) is 3.73. The summed E-state index contributed by atoms with van der Waals surface area (Å²) in [6.07, 6.45) is 7.53. The Morgan fingerprint density at radius 2 is 2.27 bits per heavy atom. The second-order valence-electron chi connectivity index (χ2n) is 2.95. The predicted molar refractivity (Wildman–Crippen MR) is 59.1 cm³/mol. The zero-order valence-electron chi connectivity index (χ0n) is 8.88. The molecule has 0 radical (unpaired) electrons. The minimum atomic E-state index is -0.605. The molecule has 0 bridgehead atoms. The lowest BCUT2D eigenvalue weighted by atomic mass is 10.1. The first kappa shape index (κ1) is 13.4. The van der Waals surface area contributed by atoms with Crippen LogP contribution in [-0.2, 0) is 9.59 Å². The van der Waals surface area contributed by atoms with Gasteiger partial charge in [-0.05, 0) is 13.5 Å². The highest BCUT2D eigenvalue weighted by molar-refractivity contribution is 6.38. The van der Waals surface area contributed by atoms with Crippen molar-refractivity contribution in [3.05, 3.63) is 12.7 Å². The van der Waals surface area contributed by atoms with Crippen LogP contribution in [0.4, 0.5) is 0 Å². The summed E-state index contributed by atoms with van der Waals surface area (Å²) in [5, 5.41) is 5.19. The van der Waals surface area contributed by atoms with E-state index in [1.54, 1.807) is 7.05 Å². The second-order valence-corrected chi connectivity index (χ2v) is 2.95. The zero-order chi connectivity index (χ0) is 11.7. The summed E-state index contributed by atoms with van der Waals surface area (Å²) in [5.74, 6) is 1.33. The number of hydrogen-bond acceptors (Lipinski definition) is 3. The van der Waals surface area contributed by atoms with Crippen LogP contribution in [0.3, 0.4) is 0 Å². The van der Waals surface area contributed by atoms with Crippen molar-refractivity contribution in [2.75, 3.05) is 13.6 Å². The van der Waals surface area contributed by atoms with Gasteiger partial charge in [0, 0.05) is 13.0 Å². The van der Waals surface area contributed by atoms with Crippen LogP contribution in [0.5, 0.6) is 0 Å². The Morgan fingerprint density at radius 3 is 2.73 bits per heavy atom. The normalized spacial score (nSPS) is 11.2. The average molecular weight is 208 g/mol. The number of terminal acetylenes is 1. The quantitative estimate of drug-likeness (QED) is 0.348. The van der Waals surface area contributed by atoms with Crippen LogP contribution in [0.1, 0.15) is 12.8 Å². The van der Waals surface area contributed by atoms with Gasteiger partial charge in [-0.15, -0.1) is 18.9 Å². The Balaban J connectivity index is 4.19. The first-order valence-corrected chi connectivity index (χ1v) is 4.71. The molecule has 0 aromatic heterocycles. The summed E-state index contributed by atoms with van der Waals surface area (Å²) in [4.78, 5) is 22.8. The average Bonchev–Trinajstić information content (AvgIpc) is 2.26.